The van der Waals surface area contributed by atoms with Crippen molar-refractivity contribution in [2.24, 2.45) is 0 Å². The van der Waals surface area contributed by atoms with Crippen LogP contribution in [0.4, 0.5) is 5.82 Å². The molecule has 0 saturated carbocycles. The Kier molecular flexibility index (Phi) is 5.40. The van der Waals surface area contributed by atoms with Gasteiger partial charge in [0.1, 0.15) is 5.56 Å². The monoisotopic (exact) mass is 269 g/mol. The number of aromatic nitrogens is 2. The van der Waals surface area contributed by atoms with Gasteiger partial charge in [-0.2, -0.15) is 16.9 Å². The van der Waals surface area contributed by atoms with E-state index in [1.54, 1.807) is 25.6 Å². The molecule has 0 aliphatic heterocycles. The molecule has 5 nitrogen and oxygen atoms in total. The number of carboxylic acid groups (broad SMARTS) is 1. The number of thioether (sulfide) groups is 1. The maximum absolute atomic E-state index is 11.2. The summed E-state index contributed by atoms with van der Waals surface area (Å²) in [4.78, 5) is 11.2. The van der Waals surface area contributed by atoms with Gasteiger partial charge in [0.05, 0.1) is 5.69 Å². The van der Waals surface area contributed by atoms with Gasteiger partial charge >= 0.3 is 5.97 Å². The number of carboxylic acids is 1. The second-order valence-corrected chi connectivity index (χ2v) is 5.48. The average molecular weight is 269 g/mol. The van der Waals surface area contributed by atoms with Crippen LogP contribution in [-0.2, 0) is 0 Å². The predicted octanol–water partition coefficient (Wildman–Crippen LogP) is 2.35. The molecule has 100 valence electrons. The summed E-state index contributed by atoms with van der Waals surface area (Å²) in [5, 5.41) is 20.7. The minimum absolute atomic E-state index is 0.222. The van der Waals surface area contributed by atoms with Crippen molar-refractivity contribution in [3.8, 4) is 0 Å². The van der Waals surface area contributed by atoms with Crippen LogP contribution >= 0.6 is 11.8 Å². The first-order valence-electron chi connectivity index (χ1n) is 5.81. The zero-order chi connectivity index (χ0) is 13.7. The van der Waals surface area contributed by atoms with Crippen LogP contribution in [0.25, 0.3) is 0 Å². The van der Waals surface area contributed by atoms with Crippen LogP contribution < -0.4 is 5.32 Å². The molecule has 0 radical (unpaired) electrons. The van der Waals surface area contributed by atoms with E-state index in [1.165, 1.54) is 0 Å². The van der Waals surface area contributed by atoms with Gasteiger partial charge in [0.15, 0.2) is 5.82 Å². The molecule has 0 aliphatic rings. The number of nitrogens with zero attached hydrogens (tertiary/aromatic N) is 2. The van der Waals surface area contributed by atoms with Crippen molar-refractivity contribution in [3.05, 3.63) is 16.8 Å². The molecule has 1 rings (SSSR count). The number of nitrogens with one attached hydrogen (secondary N) is 1. The lowest BCUT2D eigenvalue weighted by Crippen LogP contribution is -2.15. The second kappa shape index (κ2) is 6.58. The summed E-state index contributed by atoms with van der Waals surface area (Å²) in [6.45, 7) is 6.34. The number of hydrogen-bond donors (Lipinski definition) is 2. The first kappa shape index (κ1) is 14.8. The highest BCUT2D eigenvalue weighted by Crippen LogP contribution is 2.19. The van der Waals surface area contributed by atoms with Crippen LogP contribution in [0, 0.1) is 13.8 Å². The van der Waals surface area contributed by atoms with E-state index in [1.807, 2.05) is 0 Å². The van der Waals surface area contributed by atoms with Crippen molar-refractivity contribution in [3.63, 3.8) is 0 Å². The van der Waals surface area contributed by atoms with Gasteiger partial charge in [-0.15, -0.1) is 5.10 Å². The van der Waals surface area contributed by atoms with E-state index in [0.29, 0.717) is 28.9 Å². The number of rotatable bonds is 6. The quantitative estimate of drug-likeness (QED) is 0.825. The third-order valence-electron chi connectivity index (χ3n) is 2.91. The molecule has 6 heteroatoms. The molecule has 1 heterocycles. The van der Waals surface area contributed by atoms with E-state index in [-0.39, 0.29) is 5.56 Å². The zero-order valence-electron chi connectivity index (χ0n) is 11.1. The first-order chi connectivity index (χ1) is 8.47. The lowest BCUT2D eigenvalue weighted by molar-refractivity contribution is 0.0696. The predicted molar refractivity (Wildman–Crippen MR) is 74.5 cm³/mol. The molecule has 1 aromatic rings. The maximum Gasteiger partial charge on any atom is 0.339 e. The summed E-state index contributed by atoms with van der Waals surface area (Å²) in [7, 11) is 0. The largest absolute Gasteiger partial charge is 0.478 e. The van der Waals surface area contributed by atoms with Gasteiger partial charge in [0.25, 0.3) is 0 Å². The van der Waals surface area contributed by atoms with Crippen LogP contribution in [0.15, 0.2) is 0 Å². The fourth-order valence-corrected chi connectivity index (χ4v) is 1.86. The number of carbonyl (C=O) groups is 1. The fraction of sp³-hybridized carbons (Fsp3) is 0.583. The van der Waals surface area contributed by atoms with Crippen molar-refractivity contribution in [1.29, 1.82) is 0 Å². The Hall–Kier alpha value is -1.30. The fourth-order valence-electron chi connectivity index (χ4n) is 1.51. The van der Waals surface area contributed by atoms with Crippen LogP contribution in [0.1, 0.15) is 35.0 Å². The van der Waals surface area contributed by atoms with E-state index in [0.717, 1.165) is 6.42 Å². The van der Waals surface area contributed by atoms with E-state index in [4.69, 9.17) is 0 Å². The summed E-state index contributed by atoms with van der Waals surface area (Å²) < 4.78 is 0. The second-order valence-electron chi connectivity index (χ2n) is 4.20. The van der Waals surface area contributed by atoms with E-state index >= 15 is 0 Å². The number of hydrogen-bond acceptors (Lipinski definition) is 5. The van der Waals surface area contributed by atoms with Crippen LogP contribution in [0.3, 0.4) is 0 Å². The molecule has 2 N–H and O–H groups in total. The molecule has 0 saturated heterocycles. The van der Waals surface area contributed by atoms with E-state index in [9.17, 15) is 9.90 Å². The van der Waals surface area contributed by atoms with Crippen molar-refractivity contribution in [2.75, 3.05) is 18.1 Å². The summed E-state index contributed by atoms with van der Waals surface area (Å²) in [5.74, 6) is -0.607. The summed E-state index contributed by atoms with van der Waals surface area (Å²) in [6, 6.07) is 0. The molecule has 0 aromatic carbocycles. The van der Waals surface area contributed by atoms with Gasteiger partial charge < -0.3 is 10.4 Å². The van der Waals surface area contributed by atoms with Gasteiger partial charge in [-0.1, -0.05) is 6.92 Å². The van der Waals surface area contributed by atoms with Gasteiger partial charge in [-0.05, 0) is 32.1 Å². The SMILES string of the molecule is CSC(C)CCNc1nnc(C)c(C)c1C(=O)O. The lowest BCUT2D eigenvalue weighted by Gasteiger charge is -2.12. The molecule has 0 fully saturated rings. The maximum atomic E-state index is 11.2. The van der Waals surface area contributed by atoms with Gasteiger partial charge in [0, 0.05) is 11.8 Å². The third kappa shape index (κ3) is 3.60. The normalized spacial score (nSPS) is 12.2. The van der Waals surface area contributed by atoms with Gasteiger partial charge in [-0.3, -0.25) is 0 Å². The van der Waals surface area contributed by atoms with E-state index < -0.39 is 5.97 Å². The molecule has 0 spiro atoms. The lowest BCUT2D eigenvalue weighted by atomic mass is 10.1. The Bertz CT molecular complexity index is 438. The standard InChI is InChI=1S/C12H19N3O2S/c1-7(18-4)5-6-13-11-10(12(16)17)8(2)9(3)14-15-11/h7H,5-6H2,1-4H3,(H,13,15)(H,16,17). The summed E-state index contributed by atoms with van der Waals surface area (Å²) >= 11 is 1.78. The average Bonchev–Trinajstić information content (AvgIpc) is 2.33. The molecule has 1 aromatic heterocycles. The van der Waals surface area contributed by atoms with Crippen LogP contribution in [0.5, 0.6) is 0 Å². The topological polar surface area (TPSA) is 75.1 Å². The highest BCUT2D eigenvalue weighted by Gasteiger charge is 2.17. The smallest absolute Gasteiger partial charge is 0.339 e. The number of anilines is 1. The van der Waals surface area contributed by atoms with Gasteiger partial charge in [0.2, 0.25) is 0 Å². The van der Waals surface area contributed by atoms with Crippen molar-refractivity contribution in [2.45, 2.75) is 32.4 Å². The first-order valence-corrected chi connectivity index (χ1v) is 7.10. The minimum Gasteiger partial charge on any atom is -0.478 e. The third-order valence-corrected chi connectivity index (χ3v) is 3.95. The Balaban J connectivity index is 2.83. The van der Waals surface area contributed by atoms with Crippen LogP contribution in [-0.4, -0.2) is 39.3 Å². The van der Waals surface area contributed by atoms with Gasteiger partial charge in [-0.25, -0.2) is 4.79 Å². The minimum atomic E-state index is -0.967. The summed E-state index contributed by atoms with van der Waals surface area (Å²) in [6.07, 6.45) is 3.01. The molecule has 1 atom stereocenters. The Morgan fingerprint density at radius 1 is 1.44 bits per heavy atom. The Morgan fingerprint density at radius 2 is 2.11 bits per heavy atom. The molecule has 0 bridgehead atoms. The van der Waals surface area contributed by atoms with E-state index in [2.05, 4.69) is 28.7 Å². The number of aromatic carboxylic acids is 1. The molecular weight excluding hydrogens is 250 g/mol. The molecule has 0 amide bonds. The molecular formula is C12H19N3O2S. The highest BCUT2D eigenvalue weighted by molar-refractivity contribution is 7.99. The number of aryl methyl sites for hydroxylation is 1. The summed E-state index contributed by atoms with van der Waals surface area (Å²) in [5.41, 5.74) is 1.53. The zero-order valence-corrected chi connectivity index (χ0v) is 12.0. The Labute approximate surface area is 111 Å². The molecule has 1 unspecified atom stereocenters. The van der Waals surface area contributed by atoms with Crippen molar-refractivity contribution < 1.29 is 9.90 Å². The Morgan fingerprint density at radius 3 is 2.67 bits per heavy atom. The van der Waals surface area contributed by atoms with Crippen LogP contribution in [0.2, 0.25) is 0 Å². The van der Waals surface area contributed by atoms with Crippen molar-refractivity contribution >= 4 is 23.5 Å². The molecule has 0 aliphatic carbocycles. The highest BCUT2D eigenvalue weighted by atomic mass is 32.2. The molecule has 18 heavy (non-hydrogen) atoms. The van der Waals surface area contributed by atoms with Crippen molar-refractivity contribution in [1.82, 2.24) is 10.2 Å².